The van der Waals surface area contributed by atoms with Gasteiger partial charge in [0.05, 0.1) is 4.90 Å². The van der Waals surface area contributed by atoms with Crippen LogP contribution in [0.3, 0.4) is 0 Å². The molecule has 0 aliphatic heterocycles. The largest absolute Gasteiger partial charge is 0.425 e. The maximum atomic E-state index is 12.7. The van der Waals surface area contributed by atoms with Gasteiger partial charge in [-0.15, -0.1) is 0 Å². The van der Waals surface area contributed by atoms with Crippen LogP contribution in [0.4, 0.5) is 0 Å². The van der Waals surface area contributed by atoms with E-state index in [1.165, 1.54) is 18.2 Å². The van der Waals surface area contributed by atoms with Crippen molar-refractivity contribution in [3.05, 3.63) is 69.6 Å². The predicted octanol–water partition coefficient (Wildman–Crippen LogP) is 3.25. The molecule has 0 radical (unpaired) electrons. The Morgan fingerprint density at radius 2 is 1.84 bits per heavy atom. The molecule has 8 heteroatoms. The Bertz CT molecular complexity index is 1310. The van der Waals surface area contributed by atoms with Crippen molar-refractivity contribution in [1.29, 1.82) is 0 Å². The maximum Gasteiger partial charge on any atom is 0.339 e. The van der Waals surface area contributed by atoms with E-state index in [9.17, 15) is 18.0 Å². The van der Waals surface area contributed by atoms with Crippen LogP contribution in [-0.2, 0) is 27.7 Å². The van der Waals surface area contributed by atoms with Gasteiger partial charge in [0, 0.05) is 17.0 Å². The highest BCUT2D eigenvalue weighted by atomic mass is 32.2. The molecular weight excluding hydrogens is 418 g/mol. The number of nitrogens with one attached hydrogen (secondary N) is 1. The fourth-order valence-corrected chi connectivity index (χ4v) is 5.05. The SMILES string of the molecule is CC[C@H](NS(=O)(=O)c1ccc(C)cc1)C(=O)Oc1ccc2c3c(c(=O)oc2c1)CCC3. The topological polar surface area (TPSA) is 103 Å². The molecule has 1 heterocycles. The average molecular weight is 442 g/mol. The molecule has 31 heavy (non-hydrogen) atoms. The zero-order valence-electron chi connectivity index (χ0n) is 17.3. The van der Waals surface area contributed by atoms with Crippen molar-refractivity contribution < 1.29 is 22.4 Å². The molecule has 7 nitrogen and oxygen atoms in total. The highest BCUT2D eigenvalue weighted by Crippen LogP contribution is 2.29. The first kappa shape index (κ1) is 21.3. The zero-order valence-corrected chi connectivity index (χ0v) is 18.1. The normalized spacial score (nSPS) is 14.4. The molecule has 0 fully saturated rings. The molecule has 0 amide bonds. The summed E-state index contributed by atoms with van der Waals surface area (Å²) in [6.07, 6.45) is 2.65. The number of carbonyl (C=O) groups is 1. The van der Waals surface area contributed by atoms with Gasteiger partial charge >= 0.3 is 11.6 Å². The molecule has 1 aromatic heterocycles. The number of carbonyl (C=O) groups excluding carboxylic acids is 1. The molecule has 1 aliphatic rings. The van der Waals surface area contributed by atoms with E-state index in [2.05, 4.69) is 4.72 Å². The van der Waals surface area contributed by atoms with Crippen molar-refractivity contribution >= 4 is 27.0 Å². The van der Waals surface area contributed by atoms with Gasteiger partial charge in [0.25, 0.3) is 0 Å². The van der Waals surface area contributed by atoms with Crippen LogP contribution in [-0.4, -0.2) is 20.4 Å². The van der Waals surface area contributed by atoms with E-state index in [0.29, 0.717) is 17.6 Å². The molecule has 1 atom stereocenters. The molecule has 1 N–H and O–H groups in total. The van der Waals surface area contributed by atoms with Gasteiger partial charge < -0.3 is 9.15 Å². The number of aryl methyl sites for hydroxylation is 2. The lowest BCUT2D eigenvalue weighted by atomic mass is 10.1. The molecule has 162 valence electrons. The Morgan fingerprint density at radius 1 is 1.13 bits per heavy atom. The van der Waals surface area contributed by atoms with Crippen LogP contribution in [0.25, 0.3) is 11.0 Å². The summed E-state index contributed by atoms with van der Waals surface area (Å²) in [4.78, 5) is 24.9. The van der Waals surface area contributed by atoms with E-state index < -0.39 is 22.0 Å². The molecule has 0 unspecified atom stereocenters. The van der Waals surface area contributed by atoms with Crippen LogP contribution >= 0.6 is 0 Å². The van der Waals surface area contributed by atoms with Crippen LogP contribution in [0.5, 0.6) is 5.75 Å². The smallest absolute Gasteiger partial charge is 0.339 e. The standard InChI is InChI=1S/C23H23NO6S/c1-3-20(24-31(27,28)16-10-7-14(2)8-11-16)23(26)29-15-9-12-18-17-5-4-6-19(17)22(25)30-21(18)13-15/h7-13,20,24H,3-6H2,1-2H3/t20-/m0/s1. The van der Waals surface area contributed by atoms with E-state index >= 15 is 0 Å². The van der Waals surface area contributed by atoms with Gasteiger partial charge in [0.15, 0.2) is 0 Å². The van der Waals surface area contributed by atoms with Crippen LogP contribution in [0, 0.1) is 6.92 Å². The lowest BCUT2D eigenvalue weighted by Crippen LogP contribution is -2.42. The summed E-state index contributed by atoms with van der Waals surface area (Å²) in [5, 5.41) is 0.832. The number of sulfonamides is 1. The van der Waals surface area contributed by atoms with Gasteiger partial charge in [-0.25, -0.2) is 18.0 Å². The fraction of sp³-hybridized carbons (Fsp3) is 0.304. The van der Waals surface area contributed by atoms with E-state index in [4.69, 9.17) is 9.15 Å². The van der Waals surface area contributed by atoms with Gasteiger partial charge in [0.2, 0.25) is 10.0 Å². The number of fused-ring (bicyclic) bond motifs is 3. The van der Waals surface area contributed by atoms with E-state index in [0.717, 1.165) is 29.4 Å². The van der Waals surface area contributed by atoms with Gasteiger partial charge in [-0.05, 0) is 62.4 Å². The fourth-order valence-electron chi connectivity index (χ4n) is 3.79. The first-order chi connectivity index (χ1) is 14.8. The predicted molar refractivity (Wildman–Crippen MR) is 116 cm³/mol. The van der Waals surface area contributed by atoms with Crippen molar-refractivity contribution in [2.24, 2.45) is 0 Å². The van der Waals surface area contributed by atoms with E-state index in [-0.39, 0.29) is 22.7 Å². The molecule has 0 spiro atoms. The maximum absolute atomic E-state index is 12.7. The third-order valence-corrected chi connectivity index (χ3v) is 6.97. The van der Waals surface area contributed by atoms with E-state index in [1.54, 1.807) is 31.2 Å². The zero-order chi connectivity index (χ0) is 22.2. The third-order valence-electron chi connectivity index (χ3n) is 5.48. The number of hydrogen-bond donors (Lipinski definition) is 1. The number of esters is 1. The average Bonchev–Trinajstić information content (AvgIpc) is 3.23. The first-order valence-electron chi connectivity index (χ1n) is 10.2. The van der Waals surface area contributed by atoms with Crippen LogP contribution < -0.4 is 15.1 Å². The second-order valence-corrected chi connectivity index (χ2v) is 9.39. The third kappa shape index (κ3) is 4.26. The second kappa shape index (κ2) is 8.28. The minimum absolute atomic E-state index is 0.0747. The molecule has 1 aliphatic carbocycles. The summed E-state index contributed by atoms with van der Waals surface area (Å²) in [6, 6.07) is 10.2. The summed E-state index contributed by atoms with van der Waals surface area (Å²) in [6.45, 7) is 3.54. The first-order valence-corrected chi connectivity index (χ1v) is 11.7. The summed E-state index contributed by atoms with van der Waals surface area (Å²) >= 11 is 0. The highest BCUT2D eigenvalue weighted by Gasteiger charge is 2.26. The lowest BCUT2D eigenvalue weighted by Gasteiger charge is -2.16. The van der Waals surface area contributed by atoms with Crippen molar-refractivity contribution in [2.45, 2.75) is 50.5 Å². The summed E-state index contributed by atoms with van der Waals surface area (Å²) < 4.78 is 38.5. The number of benzene rings is 2. The van der Waals surface area contributed by atoms with Crippen molar-refractivity contribution in [3.8, 4) is 5.75 Å². The van der Waals surface area contributed by atoms with Crippen LogP contribution in [0.1, 0.15) is 36.5 Å². The van der Waals surface area contributed by atoms with Crippen LogP contribution in [0.15, 0.2) is 56.6 Å². The Balaban J connectivity index is 1.55. The molecule has 4 rings (SSSR count). The second-order valence-electron chi connectivity index (χ2n) is 7.67. The van der Waals surface area contributed by atoms with Crippen molar-refractivity contribution in [1.82, 2.24) is 4.72 Å². The van der Waals surface area contributed by atoms with Gasteiger partial charge in [-0.1, -0.05) is 24.6 Å². The number of hydrogen-bond acceptors (Lipinski definition) is 6. The van der Waals surface area contributed by atoms with Gasteiger partial charge in [-0.3, -0.25) is 0 Å². The Hall–Kier alpha value is -2.97. The minimum Gasteiger partial charge on any atom is -0.425 e. The molecule has 0 saturated heterocycles. The Kier molecular flexibility index (Phi) is 5.68. The van der Waals surface area contributed by atoms with Crippen molar-refractivity contribution in [3.63, 3.8) is 0 Å². The molecule has 2 aromatic carbocycles. The highest BCUT2D eigenvalue weighted by molar-refractivity contribution is 7.89. The summed E-state index contributed by atoms with van der Waals surface area (Å²) in [5.41, 5.74) is 2.62. The van der Waals surface area contributed by atoms with Crippen molar-refractivity contribution in [2.75, 3.05) is 0 Å². The summed E-state index contributed by atoms with van der Waals surface area (Å²) in [7, 11) is -3.88. The molecule has 3 aromatic rings. The minimum atomic E-state index is -3.88. The lowest BCUT2D eigenvalue weighted by molar-refractivity contribution is -0.136. The monoisotopic (exact) mass is 441 g/mol. The van der Waals surface area contributed by atoms with E-state index in [1.807, 2.05) is 6.92 Å². The van der Waals surface area contributed by atoms with Gasteiger partial charge in [-0.2, -0.15) is 4.72 Å². The number of rotatable bonds is 6. The van der Waals surface area contributed by atoms with Crippen LogP contribution in [0.2, 0.25) is 0 Å². The quantitative estimate of drug-likeness (QED) is 0.358. The Morgan fingerprint density at radius 3 is 2.55 bits per heavy atom. The molecule has 0 saturated carbocycles. The molecular formula is C23H23NO6S. The Labute approximate surface area is 180 Å². The molecule has 0 bridgehead atoms. The summed E-state index contributed by atoms with van der Waals surface area (Å²) in [5.74, 6) is -0.548. The van der Waals surface area contributed by atoms with Gasteiger partial charge in [0.1, 0.15) is 17.4 Å². The number of ether oxygens (including phenoxy) is 1.